The van der Waals surface area contributed by atoms with Gasteiger partial charge in [0.25, 0.3) is 0 Å². The topological polar surface area (TPSA) is 43.4 Å². The minimum Gasteiger partial charge on any atom is -0.500 e. The van der Waals surface area contributed by atoms with Gasteiger partial charge in [0, 0.05) is 22.9 Å². The molecular weight excluding hydrogens is 204 g/mol. The monoisotopic (exact) mass is 212 g/mol. The molecular formula is C10H9ClO3. The molecule has 4 heteroatoms. The van der Waals surface area contributed by atoms with Crippen molar-refractivity contribution in [2.45, 2.75) is 6.42 Å². The number of rotatable bonds is 2. The van der Waals surface area contributed by atoms with Crippen molar-refractivity contribution in [3.63, 3.8) is 0 Å². The number of aldehydes is 1. The molecule has 0 aromatic heterocycles. The van der Waals surface area contributed by atoms with E-state index >= 15 is 0 Å². The Morgan fingerprint density at radius 3 is 3.14 bits per heavy atom. The lowest BCUT2D eigenvalue weighted by Gasteiger charge is -2.21. The molecule has 2 aliphatic rings. The highest BCUT2D eigenvalue weighted by molar-refractivity contribution is 6.33. The lowest BCUT2D eigenvalue weighted by molar-refractivity contribution is -0.126. The van der Waals surface area contributed by atoms with Crippen molar-refractivity contribution in [2.75, 3.05) is 6.61 Å². The minimum absolute atomic E-state index is 0.0326. The largest absolute Gasteiger partial charge is 0.500 e. The van der Waals surface area contributed by atoms with Crippen LogP contribution in [0.15, 0.2) is 22.9 Å². The van der Waals surface area contributed by atoms with Crippen molar-refractivity contribution in [1.29, 1.82) is 0 Å². The van der Waals surface area contributed by atoms with Gasteiger partial charge in [0.15, 0.2) is 5.78 Å². The Morgan fingerprint density at radius 1 is 1.64 bits per heavy atom. The third-order valence-electron chi connectivity index (χ3n) is 2.53. The molecule has 1 aliphatic carbocycles. The maximum absolute atomic E-state index is 11.8. The SMILES string of the molecule is O=CCC1C=C(Cl)C2=COCC2C1=O. The van der Waals surface area contributed by atoms with E-state index in [4.69, 9.17) is 16.3 Å². The van der Waals surface area contributed by atoms with Gasteiger partial charge in [-0.1, -0.05) is 17.7 Å². The average molecular weight is 213 g/mol. The maximum Gasteiger partial charge on any atom is 0.151 e. The standard InChI is InChI=1S/C10H9ClO3/c11-9-3-6(1-2-12)10(13)8-5-14-4-7(8)9/h2-4,6,8H,1,5H2. The van der Waals surface area contributed by atoms with E-state index < -0.39 is 0 Å². The molecule has 0 amide bonds. The van der Waals surface area contributed by atoms with Crippen molar-refractivity contribution in [2.24, 2.45) is 11.8 Å². The number of ether oxygens (including phenoxy) is 1. The zero-order valence-corrected chi connectivity index (χ0v) is 8.16. The summed E-state index contributed by atoms with van der Waals surface area (Å²) in [6.07, 6.45) is 4.11. The summed E-state index contributed by atoms with van der Waals surface area (Å²) in [5.41, 5.74) is 0.749. The molecule has 1 heterocycles. The summed E-state index contributed by atoms with van der Waals surface area (Å²) in [5.74, 6) is -0.605. The van der Waals surface area contributed by atoms with E-state index in [1.807, 2.05) is 0 Å². The number of allylic oxidation sites excluding steroid dienone is 2. The fraction of sp³-hybridized carbons (Fsp3) is 0.400. The summed E-state index contributed by atoms with van der Waals surface area (Å²) in [6.45, 7) is 0.355. The van der Waals surface area contributed by atoms with Crippen LogP contribution in [0.3, 0.4) is 0 Å². The molecule has 2 unspecified atom stereocenters. The molecule has 0 N–H and O–H groups in total. The number of carbonyl (C=O) groups excluding carboxylic acids is 2. The summed E-state index contributed by atoms with van der Waals surface area (Å²) in [6, 6.07) is 0. The number of Topliss-reactive ketones (excluding diaryl/α,β-unsaturated/α-hetero) is 1. The molecule has 0 spiro atoms. The molecule has 3 nitrogen and oxygen atoms in total. The first-order chi connectivity index (χ1) is 6.74. The molecule has 0 aromatic carbocycles. The van der Waals surface area contributed by atoms with Crippen LogP contribution in [-0.2, 0) is 14.3 Å². The summed E-state index contributed by atoms with van der Waals surface area (Å²) < 4.78 is 5.06. The van der Waals surface area contributed by atoms with E-state index in [2.05, 4.69) is 0 Å². The van der Waals surface area contributed by atoms with Gasteiger partial charge in [-0.2, -0.15) is 0 Å². The lowest BCUT2D eigenvalue weighted by atomic mass is 9.82. The van der Waals surface area contributed by atoms with Crippen LogP contribution >= 0.6 is 11.6 Å². The normalized spacial score (nSPS) is 30.2. The van der Waals surface area contributed by atoms with Gasteiger partial charge < -0.3 is 9.53 Å². The summed E-state index contributed by atoms with van der Waals surface area (Å²) in [4.78, 5) is 22.1. The predicted molar refractivity (Wildman–Crippen MR) is 50.6 cm³/mol. The van der Waals surface area contributed by atoms with Crippen molar-refractivity contribution in [1.82, 2.24) is 0 Å². The Kier molecular flexibility index (Phi) is 2.42. The van der Waals surface area contributed by atoms with Crippen LogP contribution in [0.2, 0.25) is 0 Å². The van der Waals surface area contributed by atoms with Gasteiger partial charge in [0.2, 0.25) is 0 Å². The van der Waals surface area contributed by atoms with Crippen LogP contribution in [0.25, 0.3) is 0 Å². The lowest BCUT2D eigenvalue weighted by Crippen LogP contribution is -2.28. The van der Waals surface area contributed by atoms with Gasteiger partial charge in [-0.25, -0.2) is 0 Å². The molecule has 2 rings (SSSR count). The van der Waals surface area contributed by atoms with E-state index in [1.54, 1.807) is 6.08 Å². The molecule has 0 aromatic rings. The number of fused-ring (bicyclic) bond motifs is 1. The average Bonchev–Trinajstić information content (AvgIpc) is 2.63. The third kappa shape index (κ3) is 1.38. The second-order valence-corrected chi connectivity index (χ2v) is 3.79. The summed E-state index contributed by atoms with van der Waals surface area (Å²) in [7, 11) is 0. The molecule has 0 saturated carbocycles. The molecule has 1 aliphatic heterocycles. The van der Waals surface area contributed by atoms with Crippen LogP contribution < -0.4 is 0 Å². The van der Waals surface area contributed by atoms with Crippen LogP contribution in [0.5, 0.6) is 0 Å². The Bertz CT molecular complexity index is 343. The molecule has 0 radical (unpaired) electrons. The fourth-order valence-electron chi connectivity index (χ4n) is 1.77. The molecule has 0 bridgehead atoms. The van der Waals surface area contributed by atoms with Gasteiger partial charge in [-0.05, 0) is 0 Å². The first-order valence-corrected chi connectivity index (χ1v) is 4.78. The van der Waals surface area contributed by atoms with Crippen LogP contribution in [0, 0.1) is 11.8 Å². The molecule has 0 saturated heterocycles. The van der Waals surface area contributed by atoms with Crippen molar-refractivity contribution < 1.29 is 14.3 Å². The minimum atomic E-state index is -0.371. The third-order valence-corrected chi connectivity index (χ3v) is 2.88. The van der Waals surface area contributed by atoms with Crippen molar-refractivity contribution in [3.8, 4) is 0 Å². The maximum atomic E-state index is 11.8. The van der Waals surface area contributed by atoms with E-state index in [-0.39, 0.29) is 24.0 Å². The molecule has 2 atom stereocenters. The van der Waals surface area contributed by atoms with E-state index in [0.29, 0.717) is 11.6 Å². The van der Waals surface area contributed by atoms with Gasteiger partial charge in [0.1, 0.15) is 12.9 Å². The van der Waals surface area contributed by atoms with Crippen LogP contribution in [0.4, 0.5) is 0 Å². The van der Waals surface area contributed by atoms with E-state index in [9.17, 15) is 9.59 Å². The first kappa shape index (κ1) is 9.46. The number of hydrogen-bond donors (Lipinski definition) is 0. The highest BCUT2D eigenvalue weighted by atomic mass is 35.5. The number of halogens is 1. The number of carbonyl (C=O) groups is 2. The fourth-order valence-corrected chi connectivity index (χ4v) is 2.09. The Hall–Kier alpha value is -1.09. The van der Waals surface area contributed by atoms with Gasteiger partial charge in [0.05, 0.1) is 12.2 Å². The molecule has 0 fully saturated rings. The highest BCUT2D eigenvalue weighted by Gasteiger charge is 2.37. The predicted octanol–water partition coefficient (Wildman–Crippen LogP) is 1.43. The van der Waals surface area contributed by atoms with Gasteiger partial charge in [-0.15, -0.1) is 0 Å². The Balaban J connectivity index is 2.31. The highest BCUT2D eigenvalue weighted by Crippen LogP contribution is 2.37. The number of ketones is 1. The van der Waals surface area contributed by atoms with Crippen molar-refractivity contribution >= 4 is 23.7 Å². The van der Waals surface area contributed by atoms with Crippen LogP contribution in [0.1, 0.15) is 6.42 Å². The Morgan fingerprint density at radius 2 is 2.43 bits per heavy atom. The Labute approximate surface area is 86.4 Å². The summed E-state index contributed by atoms with van der Waals surface area (Å²) >= 11 is 5.96. The van der Waals surface area contributed by atoms with Gasteiger partial charge in [-0.3, -0.25) is 4.79 Å². The second kappa shape index (κ2) is 3.58. The number of hydrogen-bond acceptors (Lipinski definition) is 3. The van der Waals surface area contributed by atoms with E-state index in [0.717, 1.165) is 11.9 Å². The zero-order valence-electron chi connectivity index (χ0n) is 7.40. The van der Waals surface area contributed by atoms with Crippen molar-refractivity contribution in [3.05, 3.63) is 22.9 Å². The molecule has 74 valence electrons. The quantitative estimate of drug-likeness (QED) is 0.651. The van der Waals surface area contributed by atoms with Crippen LogP contribution in [-0.4, -0.2) is 18.7 Å². The molecule has 14 heavy (non-hydrogen) atoms. The zero-order chi connectivity index (χ0) is 10.1. The second-order valence-electron chi connectivity index (χ2n) is 3.38. The smallest absolute Gasteiger partial charge is 0.151 e. The van der Waals surface area contributed by atoms with Gasteiger partial charge >= 0.3 is 0 Å². The van der Waals surface area contributed by atoms with E-state index in [1.165, 1.54) is 6.26 Å². The summed E-state index contributed by atoms with van der Waals surface area (Å²) in [5, 5.41) is 0.541. The first-order valence-electron chi connectivity index (χ1n) is 4.40.